The summed E-state index contributed by atoms with van der Waals surface area (Å²) < 4.78 is 52.2. The topological polar surface area (TPSA) is 79.8 Å². The minimum atomic E-state index is -1.57. The Balaban J connectivity index is 1.75. The molecule has 8 nitrogen and oxygen atoms in total. The molecule has 192 valence electrons. The molecule has 36 heavy (non-hydrogen) atoms. The van der Waals surface area contributed by atoms with E-state index in [9.17, 15) is 18.0 Å². The van der Waals surface area contributed by atoms with Gasteiger partial charge in [-0.2, -0.15) is 0 Å². The lowest BCUT2D eigenvalue weighted by atomic mass is 10.0. The third kappa shape index (κ3) is 5.52. The molecule has 0 radical (unpaired) electrons. The van der Waals surface area contributed by atoms with Crippen molar-refractivity contribution in [1.29, 1.82) is 0 Å². The van der Waals surface area contributed by atoms with E-state index in [0.29, 0.717) is 67.4 Å². The van der Waals surface area contributed by atoms with Gasteiger partial charge in [-0.05, 0) is 26.1 Å². The molecule has 1 aromatic heterocycles. The number of rotatable bonds is 8. The number of hydrogen-bond donors (Lipinski definition) is 1. The minimum Gasteiger partial charge on any atom is -0.486 e. The van der Waals surface area contributed by atoms with Crippen LogP contribution in [0.25, 0.3) is 11.0 Å². The van der Waals surface area contributed by atoms with Crippen LogP contribution < -0.4 is 15.0 Å². The highest BCUT2D eigenvalue weighted by molar-refractivity contribution is 5.98. The van der Waals surface area contributed by atoms with Gasteiger partial charge >= 0.3 is 0 Å². The third-order valence-corrected chi connectivity index (χ3v) is 6.00. The smallest absolute Gasteiger partial charge is 0.253 e. The van der Waals surface area contributed by atoms with Gasteiger partial charge in [0.15, 0.2) is 17.5 Å². The minimum absolute atomic E-state index is 0.188. The number of nitrogens with one attached hydrogen (secondary N) is 1. The first-order valence-electron chi connectivity index (χ1n) is 11.6. The summed E-state index contributed by atoms with van der Waals surface area (Å²) in [5.74, 6) is -4.05. The Morgan fingerprint density at radius 1 is 1.19 bits per heavy atom. The van der Waals surface area contributed by atoms with Gasteiger partial charge in [-0.15, -0.1) is 0 Å². The van der Waals surface area contributed by atoms with Crippen molar-refractivity contribution in [3.63, 3.8) is 0 Å². The van der Waals surface area contributed by atoms with E-state index in [1.807, 2.05) is 4.90 Å². The molecule has 0 aliphatic carbocycles. The molecule has 0 saturated carbocycles. The number of carbonyl (C=O) groups excluding carboxylic acids is 1. The highest BCUT2D eigenvalue weighted by atomic mass is 19.2. The van der Waals surface area contributed by atoms with Crippen LogP contribution in [0.4, 0.5) is 19.0 Å². The van der Waals surface area contributed by atoms with Crippen LogP contribution in [0.1, 0.15) is 28.9 Å². The van der Waals surface area contributed by atoms with E-state index in [1.165, 1.54) is 0 Å². The summed E-state index contributed by atoms with van der Waals surface area (Å²) in [5, 5.41) is 3.00. The van der Waals surface area contributed by atoms with E-state index in [-0.39, 0.29) is 11.7 Å². The summed E-state index contributed by atoms with van der Waals surface area (Å²) >= 11 is 0. The van der Waals surface area contributed by atoms with Crippen LogP contribution in [0, 0.1) is 17.5 Å². The number of benzene rings is 2. The normalized spacial score (nSPS) is 14.7. The summed E-state index contributed by atoms with van der Waals surface area (Å²) in [6.45, 7) is 5.22. The van der Waals surface area contributed by atoms with Crippen molar-refractivity contribution in [1.82, 2.24) is 20.2 Å². The molecule has 1 unspecified atom stereocenters. The molecule has 1 aliphatic rings. The second-order valence-corrected chi connectivity index (χ2v) is 8.55. The fraction of sp³-hybridized carbons (Fsp3) is 0.400. The number of morpholine rings is 1. The van der Waals surface area contributed by atoms with Crippen LogP contribution in [0.5, 0.6) is 5.75 Å². The Morgan fingerprint density at radius 3 is 2.56 bits per heavy atom. The van der Waals surface area contributed by atoms with Crippen molar-refractivity contribution in [2.45, 2.75) is 13.0 Å². The van der Waals surface area contributed by atoms with Crippen molar-refractivity contribution in [2.24, 2.45) is 0 Å². The van der Waals surface area contributed by atoms with Crippen LogP contribution in [0.2, 0.25) is 0 Å². The van der Waals surface area contributed by atoms with Crippen LogP contribution in [-0.2, 0) is 4.74 Å². The van der Waals surface area contributed by atoms with E-state index in [4.69, 9.17) is 14.5 Å². The average Bonchev–Trinajstić information content (AvgIpc) is 2.89. The van der Waals surface area contributed by atoms with Gasteiger partial charge in [0.1, 0.15) is 17.7 Å². The lowest BCUT2D eigenvalue weighted by molar-refractivity contribution is 0.0796. The maximum atomic E-state index is 13.8. The van der Waals surface area contributed by atoms with Gasteiger partial charge in [0.25, 0.3) is 5.91 Å². The van der Waals surface area contributed by atoms with Crippen LogP contribution in [0.15, 0.2) is 30.5 Å². The van der Waals surface area contributed by atoms with Crippen molar-refractivity contribution in [3.8, 4) is 5.75 Å². The molecule has 1 saturated heterocycles. The predicted octanol–water partition coefficient (Wildman–Crippen LogP) is 3.32. The molecule has 0 bridgehead atoms. The van der Waals surface area contributed by atoms with E-state index >= 15 is 0 Å². The molecule has 1 amide bonds. The summed E-state index contributed by atoms with van der Waals surface area (Å²) in [6, 6.07) is 4.88. The van der Waals surface area contributed by atoms with Crippen molar-refractivity contribution in [2.75, 3.05) is 58.4 Å². The second kappa shape index (κ2) is 11.1. The molecule has 0 spiro atoms. The zero-order valence-corrected chi connectivity index (χ0v) is 20.4. The lowest BCUT2D eigenvalue weighted by Crippen LogP contribution is -2.36. The Morgan fingerprint density at radius 2 is 1.89 bits per heavy atom. The predicted molar refractivity (Wildman–Crippen MR) is 129 cm³/mol. The number of carbonyl (C=O) groups is 1. The Labute approximate surface area is 207 Å². The molecule has 11 heteroatoms. The maximum Gasteiger partial charge on any atom is 0.253 e. The summed E-state index contributed by atoms with van der Waals surface area (Å²) in [6.07, 6.45) is 0.855. The first kappa shape index (κ1) is 25.6. The van der Waals surface area contributed by atoms with E-state index in [0.717, 1.165) is 12.1 Å². The number of anilines is 1. The summed E-state index contributed by atoms with van der Waals surface area (Å²) in [7, 11) is 3.50. The van der Waals surface area contributed by atoms with Gasteiger partial charge < -0.3 is 24.6 Å². The number of halogens is 3. The molecule has 1 aliphatic heterocycles. The first-order valence-corrected chi connectivity index (χ1v) is 11.6. The van der Waals surface area contributed by atoms with E-state index in [1.54, 1.807) is 44.2 Å². The van der Waals surface area contributed by atoms with Gasteiger partial charge in [-0.25, -0.2) is 18.2 Å². The fourth-order valence-electron chi connectivity index (χ4n) is 3.98. The number of amides is 1. The van der Waals surface area contributed by atoms with Gasteiger partial charge in [-0.1, -0.05) is 0 Å². The number of ether oxygens (including phenoxy) is 2. The largest absolute Gasteiger partial charge is 0.486 e. The number of aromatic nitrogens is 2. The van der Waals surface area contributed by atoms with Gasteiger partial charge in [-0.3, -0.25) is 9.78 Å². The highest BCUT2D eigenvalue weighted by Crippen LogP contribution is 2.31. The molecule has 4 rings (SSSR count). The van der Waals surface area contributed by atoms with E-state index in [2.05, 4.69) is 10.3 Å². The van der Waals surface area contributed by atoms with Gasteiger partial charge in [0.05, 0.1) is 30.4 Å². The SMILES string of the molecule is CNCCN(C)C(=O)c1cc(C(C)Oc2cc(F)c(F)c(F)c2)c2nc(N3CCOCC3)cnc2c1. The zero-order valence-electron chi connectivity index (χ0n) is 20.4. The quantitative estimate of drug-likeness (QED) is 0.473. The van der Waals surface area contributed by atoms with Gasteiger partial charge in [0.2, 0.25) is 0 Å². The molecular weight excluding hydrogens is 475 g/mol. The third-order valence-electron chi connectivity index (χ3n) is 6.00. The molecule has 1 N–H and O–H groups in total. The number of likely N-dealkylation sites (N-methyl/N-ethyl adjacent to an activating group) is 2. The molecular formula is C25H28F3N5O3. The summed E-state index contributed by atoms with van der Waals surface area (Å²) in [5.41, 5.74) is 1.84. The first-order chi connectivity index (χ1) is 17.3. The molecule has 2 aromatic carbocycles. The summed E-state index contributed by atoms with van der Waals surface area (Å²) in [4.78, 5) is 26.1. The van der Waals surface area contributed by atoms with Crippen LogP contribution in [0.3, 0.4) is 0 Å². The Kier molecular flexibility index (Phi) is 7.90. The molecule has 3 aromatic rings. The average molecular weight is 504 g/mol. The van der Waals surface area contributed by atoms with Gasteiger partial charge in [0, 0.05) is 56.5 Å². The highest BCUT2D eigenvalue weighted by Gasteiger charge is 2.22. The maximum absolute atomic E-state index is 13.8. The molecule has 1 atom stereocenters. The second-order valence-electron chi connectivity index (χ2n) is 8.55. The Hall–Kier alpha value is -3.44. The van der Waals surface area contributed by atoms with E-state index < -0.39 is 23.6 Å². The fourth-order valence-corrected chi connectivity index (χ4v) is 3.98. The molecule has 2 heterocycles. The number of nitrogens with zero attached hydrogens (tertiary/aromatic N) is 4. The monoisotopic (exact) mass is 503 g/mol. The van der Waals surface area contributed by atoms with Crippen molar-refractivity contribution in [3.05, 3.63) is 59.0 Å². The Bertz CT molecular complexity index is 1230. The van der Waals surface area contributed by atoms with Crippen LogP contribution >= 0.6 is 0 Å². The standard InChI is InChI=1S/C25H28F3N5O3/c1-15(36-17-12-19(26)23(28)20(27)13-17)18-10-16(25(34)32(3)5-4-29-2)11-21-24(18)31-22(14-30-21)33-6-8-35-9-7-33/h10-15,29H,4-9H2,1-3H3. The lowest BCUT2D eigenvalue weighted by Gasteiger charge is -2.28. The number of fused-ring (bicyclic) bond motifs is 1. The van der Waals surface area contributed by atoms with Crippen LogP contribution in [-0.4, -0.2) is 74.3 Å². The zero-order chi connectivity index (χ0) is 25.8. The van der Waals surface area contributed by atoms with Crippen molar-refractivity contribution < 1.29 is 27.4 Å². The van der Waals surface area contributed by atoms with Crippen molar-refractivity contribution >= 4 is 22.8 Å². The number of hydrogen-bond acceptors (Lipinski definition) is 7. The molecule has 1 fully saturated rings.